The highest BCUT2D eigenvalue weighted by molar-refractivity contribution is 6.29. The van der Waals surface area contributed by atoms with Crippen LogP contribution in [-0.2, 0) is 4.84 Å². The van der Waals surface area contributed by atoms with Gasteiger partial charge in [0.2, 0.25) is 17.8 Å². The maximum absolute atomic E-state index is 13.6. The monoisotopic (exact) mass is 688 g/mol. The molecule has 1 aliphatic carbocycles. The number of fused-ring (bicyclic) bond motifs is 2. The van der Waals surface area contributed by atoms with Crippen molar-refractivity contribution in [2.24, 2.45) is 5.90 Å². The largest absolute Gasteiger partial charge is 0.354 e. The van der Waals surface area contributed by atoms with Gasteiger partial charge in [-0.25, -0.2) is 5.90 Å². The summed E-state index contributed by atoms with van der Waals surface area (Å²) in [5.41, 5.74) is 4.04. The molecule has 2 atom stereocenters. The number of nitrogens with one attached hydrogen (secondary N) is 3. The van der Waals surface area contributed by atoms with Gasteiger partial charge < -0.3 is 25.8 Å². The van der Waals surface area contributed by atoms with Gasteiger partial charge >= 0.3 is 0 Å². The average molecular weight is 689 g/mol. The zero-order valence-electron chi connectivity index (χ0n) is 29.4. The van der Waals surface area contributed by atoms with Gasteiger partial charge in [-0.1, -0.05) is 48.5 Å². The van der Waals surface area contributed by atoms with E-state index in [0.717, 1.165) is 61.2 Å². The van der Waals surface area contributed by atoms with Gasteiger partial charge in [-0.15, -0.1) is 0 Å². The van der Waals surface area contributed by atoms with Crippen molar-refractivity contribution in [2.45, 2.75) is 24.9 Å². The second-order valence-electron chi connectivity index (χ2n) is 13.1. The summed E-state index contributed by atoms with van der Waals surface area (Å²) in [5, 5.41) is 10.8. The van der Waals surface area contributed by atoms with Crippen molar-refractivity contribution in [3.8, 4) is 0 Å². The molecule has 0 saturated carbocycles. The fourth-order valence-corrected chi connectivity index (χ4v) is 6.09. The van der Waals surface area contributed by atoms with Gasteiger partial charge in [-0.2, -0.15) is 15.0 Å². The number of carbonyl (C=O) groups is 2. The standard InChI is InChI=1S/C38H44N10O3/c1-47(2)21-7-19-40-36-44-37(41-20-8-22-48(3)4)46-38(45-36)42-27-15-11-25(12-16-27)35(51-39)26-13-17-28-29(23-26)34(50)32(33(28)49)31-18-14-24-9-5-6-10-30(24)43-31/h5-6,9-18,23,32,35H,7-8,19-22,39H2,1-4H3,(H3,40,41,42,44,45,46). The van der Waals surface area contributed by atoms with Gasteiger partial charge in [0.1, 0.15) is 12.0 Å². The van der Waals surface area contributed by atoms with Crippen molar-refractivity contribution < 1.29 is 14.4 Å². The minimum absolute atomic E-state index is 0.262. The second-order valence-corrected chi connectivity index (χ2v) is 13.1. The van der Waals surface area contributed by atoms with E-state index in [1.54, 1.807) is 24.3 Å². The Morgan fingerprint density at radius 2 is 1.31 bits per heavy atom. The fraction of sp³-hybridized carbons (Fsp3) is 0.316. The van der Waals surface area contributed by atoms with Crippen LogP contribution in [0.25, 0.3) is 10.9 Å². The summed E-state index contributed by atoms with van der Waals surface area (Å²) >= 11 is 0. The van der Waals surface area contributed by atoms with E-state index in [4.69, 9.17) is 10.7 Å². The molecule has 0 amide bonds. The number of anilines is 4. The fourth-order valence-electron chi connectivity index (χ4n) is 6.09. The molecule has 0 aliphatic heterocycles. The summed E-state index contributed by atoms with van der Waals surface area (Å²) in [7, 11) is 8.18. The van der Waals surface area contributed by atoms with E-state index in [9.17, 15) is 9.59 Å². The molecular formula is C38H44N10O3. The van der Waals surface area contributed by atoms with Crippen LogP contribution in [0.1, 0.15) is 62.4 Å². The van der Waals surface area contributed by atoms with Crippen LogP contribution >= 0.6 is 0 Å². The Balaban J connectivity index is 1.17. The van der Waals surface area contributed by atoms with Gasteiger partial charge in [0.25, 0.3) is 0 Å². The van der Waals surface area contributed by atoms with Crippen LogP contribution in [0.5, 0.6) is 0 Å². The van der Waals surface area contributed by atoms with Crippen LogP contribution in [0.4, 0.5) is 23.5 Å². The lowest BCUT2D eigenvalue weighted by molar-refractivity contribution is 0.0812. The minimum Gasteiger partial charge on any atom is -0.354 e. The molecule has 0 saturated heterocycles. The van der Waals surface area contributed by atoms with Crippen LogP contribution in [0, 0.1) is 0 Å². The summed E-state index contributed by atoms with van der Waals surface area (Å²) in [6.45, 7) is 3.34. The number of hydrogen-bond donors (Lipinski definition) is 4. The van der Waals surface area contributed by atoms with E-state index < -0.39 is 12.0 Å². The zero-order chi connectivity index (χ0) is 35.9. The van der Waals surface area contributed by atoms with E-state index in [-0.39, 0.29) is 11.6 Å². The molecule has 13 nitrogen and oxygen atoms in total. The summed E-state index contributed by atoms with van der Waals surface area (Å²) in [6, 6.07) is 23.9. The quantitative estimate of drug-likeness (QED) is 0.0621. The van der Waals surface area contributed by atoms with Gasteiger partial charge in [0.05, 0.1) is 11.2 Å². The molecule has 2 aromatic heterocycles. The van der Waals surface area contributed by atoms with Crippen LogP contribution in [-0.4, -0.2) is 95.7 Å². The lowest BCUT2D eigenvalue weighted by Gasteiger charge is -2.17. The Hall–Kier alpha value is -5.34. The van der Waals surface area contributed by atoms with Crippen LogP contribution in [0.15, 0.2) is 78.9 Å². The Kier molecular flexibility index (Phi) is 11.2. The van der Waals surface area contributed by atoms with E-state index in [0.29, 0.717) is 40.2 Å². The van der Waals surface area contributed by atoms with Crippen LogP contribution in [0.3, 0.4) is 0 Å². The van der Waals surface area contributed by atoms with E-state index in [1.807, 2.05) is 82.8 Å². The van der Waals surface area contributed by atoms with Gasteiger partial charge in [0, 0.05) is 35.3 Å². The molecule has 5 aromatic rings. The summed E-state index contributed by atoms with van der Waals surface area (Å²) < 4.78 is 0. The molecule has 51 heavy (non-hydrogen) atoms. The Labute approximate surface area is 297 Å². The topological polar surface area (TPSA) is 164 Å². The second kappa shape index (κ2) is 16.1. The number of hydrogen-bond acceptors (Lipinski definition) is 13. The first-order valence-corrected chi connectivity index (χ1v) is 17.0. The zero-order valence-corrected chi connectivity index (χ0v) is 29.4. The maximum atomic E-state index is 13.6. The first-order valence-electron chi connectivity index (χ1n) is 17.0. The minimum atomic E-state index is -0.986. The smallest absolute Gasteiger partial charge is 0.233 e. The lowest BCUT2D eigenvalue weighted by Crippen LogP contribution is -2.19. The van der Waals surface area contributed by atoms with E-state index in [1.165, 1.54) is 0 Å². The predicted octanol–water partition coefficient (Wildman–Crippen LogP) is 5.03. The third-order valence-electron chi connectivity index (χ3n) is 8.69. The molecule has 13 heteroatoms. The summed E-state index contributed by atoms with van der Waals surface area (Å²) in [4.78, 5) is 55.2. The molecule has 5 N–H and O–H groups in total. The van der Waals surface area contributed by atoms with Gasteiger partial charge in [-0.05, 0) is 95.6 Å². The van der Waals surface area contributed by atoms with Crippen molar-refractivity contribution >= 4 is 46.0 Å². The molecule has 264 valence electrons. The Morgan fingerprint density at radius 3 is 1.96 bits per heavy atom. The number of aromatic nitrogens is 4. The molecule has 1 aliphatic rings. The number of rotatable bonds is 16. The van der Waals surface area contributed by atoms with Crippen LogP contribution in [0.2, 0.25) is 0 Å². The summed E-state index contributed by atoms with van der Waals surface area (Å²) in [5.74, 6) is 5.65. The molecule has 0 bridgehead atoms. The first-order chi connectivity index (χ1) is 24.7. The number of para-hydroxylation sites is 1. The third-order valence-corrected chi connectivity index (χ3v) is 8.69. The molecular weight excluding hydrogens is 644 g/mol. The average Bonchev–Trinajstić information content (AvgIpc) is 3.37. The van der Waals surface area contributed by atoms with Crippen molar-refractivity contribution in [3.05, 3.63) is 107 Å². The normalized spacial score (nSPS) is 14.7. The molecule has 2 unspecified atom stereocenters. The maximum Gasteiger partial charge on any atom is 0.233 e. The molecule has 6 rings (SSSR count). The number of nitrogens with two attached hydrogens (primary N) is 1. The lowest BCUT2D eigenvalue weighted by atomic mass is 9.97. The molecule has 2 heterocycles. The third kappa shape index (κ3) is 8.52. The van der Waals surface area contributed by atoms with E-state index in [2.05, 4.69) is 45.7 Å². The van der Waals surface area contributed by atoms with Crippen molar-refractivity contribution in [3.63, 3.8) is 0 Å². The highest BCUT2D eigenvalue weighted by atomic mass is 16.6. The Morgan fingerprint density at radius 1 is 0.706 bits per heavy atom. The number of benzene rings is 3. The molecule has 0 radical (unpaired) electrons. The predicted molar refractivity (Wildman–Crippen MR) is 200 cm³/mol. The van der Waals surface area contributed by atoms with Crippen molar-refractivity contribution in [1.29, 1.82) is 0 Å². The van der Waals surface area contributed by atoms with Crippen molar-refractivity contribution in [1.82, 2.24) is 29.7 Å². The van der Waals surface area contributed by atoms with Crippen molar-refractivity contribution in [2.75, 3.05) is 70.3 Å². The molecule has 3 aromatic carbocycles. The molecule has 0 spiro atoms. The first kappa shape index (κ1) is 35.5. The number of pyridine rings is 1. The van der Waals surface area contributed by atoms with E-state index >= 15 is 0 Å². The molecule has 0 fully saturated rings. The number of carbonyl (C=O) groups excluding carboxylic acids is 2. The van der Waals surface area contributed by atoms with Gasteiger partial charge in [-0.3, -0.25) is 19.4 Å². The number of Topliss-reactive ketones (excluding diaryl/α,β-unsaturated/α-hetero) is 2. The summed E-state index contributed by atoms with van der Waals surface area (Å²) in [6.07, 6.45) is 1.20. The highest BCUT2D eigenvalue weighted by Crippen LogP contribution is 2.37. The van der Waals surface area contributed by atoms with Crippen LogP contribution < -0.4 is 21.8 Å². The number of nitrogens with zero attached hydrogens (tertiary/aromatic N) is 6. The SMILES string of the molecule is CN(C)CCCNc1nc(NCCCN(C)C)nc(Nc2ccc(C(ON)c3ccc4c(c3)C(=O)C(c3ccc5ccccc5n3)C4=O)cc2)n1. The van der Waals surface area contributed by atoms with Gasteiger partial charge in [0.15, 0.2) is 11.6 Å². The number of ketones is 2. The Bertz CT molecular complexity index is 1970. The highest BCUT2D eigenvalue weighted by Gasteiger charge is 2.41.